The lowest BCUT2D eigenvalue weighted by atomic mass is 10.1. The summed E-state index contributed by atoms with van der Waals surface area (Å²) in [6, 6.07) is 6.28. The average molecular weight is 414 g/mol. The van der Waals surface area contributed by atoms with Crippen molar-refractivity contribution in [3.8, 4) is 0 Å². The van der Waals surface area contributed by atoms with Crippen LogP contribution >= 0.6 is 12.4 Å². The van der Waals surface area contributed by atoms with Crippen molar-refractivity contribution in [2.45, 2.75) is 43.5 Å². The molecule has 1 aromatic carbocycles. The molecule has 0 spiro atoms. The molecule has 1 saturated heterocycles. The first kappa shape index (κ1) is 21.9. The van der Waals surface area contributed by atoms with Crippen LogP contribution < -0.4 is 10.6 Å². The fourth-order valence-electron chi connectivity index (χ4n) is 3.47. The van der Waals surface area contributed by atoms with Gasteiger partial charge in [0.1, 0.15) is 0 Å². The third-order valence-corrected chi connectivity index (χ3v) is 7.13. The molecule has 0 saturated carbocycles. The third kappa shape index (κ3) is 5.31. The number of nitrogens with one attached hydrogen (secondary N) is 2. The van der Waals surface area contributed by atoms with Gasteiger partial charge in [-0.3, -0.25) is 4.79 Å². The summed E-state index contributed by atoms with van der Waals surface area (Å²) in [5.74, 6) is -0.181. The zero-order valence-electron chi connectivity index (χ0n) is 15.6. The van der Waals surface area contributed by atoms with Crippen LogP contribution in [-0.2, 0) is 10.0 Å². The highest BCUT2D eigenvalue weighted by Crippen LogP contribution is 2.25. The van der Waals surface area contributed by atoms with E-state index in [1.54, 1.807) is 16.4 Å². The maximum atomic E-state index is 12.8. The van der Waals surface area contributed by atoms with Gasteiger partial charge in [0.2, 0.25) is 10.0 Å². The molecule has 1 fully saturated rings. The van der Waals surface area contributed by atoms with Gasteiger partial charge in [-0.05, 0) is 57.0 Å². The number of piperidine rings is 1. The number of hydrogen-bond donors (Lipinski definition) is 2. The van der Waals surface area contributed by atoms with Crippen LogP contribution in [0, 0.1) is 0 Å². The molecular weight excluding hydrogens is 386 g/mol. The molecule has 150 valence electrons. The first-order chi connectivity index (χ1) is 12.5. The Morgan fingerprint density at radius 3 is 2.63 bits per heavy atom. The van der Waals surface area contributed by atoms with Gasteiger partial charge in [0, 0.05) is 31.2 Å². The van der Waals surface area contributed by atoms with Gasteiger partial charge < -0.3 is 10.6 Å². The van der Waals surface area contributed by atoms with E-state index in [1.165, 1.54) is 17.7 Å². The molecule has 1 aromatic rings. The average Bonchev–Trinajstić information content (AvgIpc) is 2.67. The number of amides is 1. The Balaban J connectivity index is 0.00000261. The number of carbonyl (C=O) groups is 1. The lowest BCUT2D eigenvalue weighted by Crippen LogP contribution is -2.41. The first-order valence-electron chi connectivity index (χ1n) is 9.27. The van der Waals surface area contributed by atoms with Crippen LogP contribution in [0.15, 0.2) is 40.8 Å². The number of benzene rings is 1. The number of nitrogens with zero attached hydrogens (tertiary/aromatic N) is 1. The van der Waals surface area contributed by atoms with Crippen LogP contribution in [0.4, 0.5) is 0 Å². The van der Waals surface area contributed by atoms with E-state index in [9.17, 15) is 13.2 Å². The number of sulfonamides is 1. The summed E-state index contributed by atoms with van der Waals surface area (Å²) in [5.41, 5.74) is 1.69. The zero-order chi connectivity index (χ0) is 18.6. The Morgan fingerprint density at radius 2 is 2.00 bits per heavy atom. The highest BCUT2D eigenvalue weighted by Gasteiger charge is 2.30. The molecule has 2 aliphatic heterocycles. The van der Waals surface area contributed by atoms with Gasteiger partial charge in [0.05, 0.1) is 4.90 Å². The van der Waals surface area contributed by atoms with Gasteiger partial charge in [-0.1, -0.05) is 18.1 Å². The topological polar surface area (TPSA) is 78.5 Å². The van der Waals surface area contributed by atoms with Gasteiger partial charge in [0.15, 0.2) is 0 Å². The number of halogens is 1. The Bertz CT molecular complexity index is 778. The number of rotatable bonds is 5. The molecule has 2 N–H and O–H groups in total. The van der Waals surface area contributed by atoms with Gasteiger partial charge in [-0.25, -0.2) is 8.42 Å². The van der Waals surface area contributed by atoms with Crippen molar-refractivity contribution in [1.82, 2.24) is 14.9 Å². The van der Waals surface area contributed by atoms with Gasteiger partial charge in [-0.15, -0.1) is 12.4 Å². The van der Waals surface area contributed by atoms with Crippen LogP contribution in [-0.4, -0.2) is 50.9 Å². The largest absolute Gasteiger partial charge is 0.348 e. The Hall–Kier alpha value is -1.41. The summed E-state index contributed by atoms with van der Waals surface area (Å²) in [4.78, 5) is 12.5. The molecule has 2 heterocycles. The fourth-order valence-corrected chi connectivity index (χ4v) is 5.17. The van der Waals surface area contributed by atoms with E-state index < -0.39 is 10.0 Å². The van der Waals surface area contributed by atoms with E-state index in [2.05, 4.69) is 16.7 Å². The van der Waals surface area contributed by atoms with Gasteiger partial charge in [-0.2, -0.15) is 4.31 Å². The minimum atomic E-state index is -3.50. The van der Waals surface area contributed by atoms with Crippen LogP contribution in [0.25, 0.3) is 0 Å². The monoisotopic (exact) mass is 413 g/mol. The highest BCUT2D eigenvalue weighted by atomic mass is 35.5. The first-order valence-corrected chi connectivity index (χ1v) is 10.7. The van der Waals surface area contributed by atoms with E-state index in [4.69, 9.17) is 0 Å². The molecular formula is C19H28ClN3O3S. The maximum Gasteiger partial charge on any atom is 0.251 e. The molecule has 0 aliphatic carbocycles. The highest BCUT2D eigenvalue weighted by molar-refractivity contribution is 7.89. The summed E-state index contributed by atoms with van der Waals surface area (Å²) in [6.07, 6.45) is 5.89. The van der Waals surface area contributed by atoms with Gasteiger partial charge in [0.25, 0.3) is 5.91 Å². The predicted molar refractivity (Wildman–Crippen MR) is 109 cm³/mol. The van der Waals surface area contributed by atoms with Crippen molar-refractivity contribution in [3.05, 3.63) is 41.5 Å². The fraction of sp³-hybridized carbons (Fsp3) is 0.526. The van der Waals surface area contributed by atoms with Crippen molar-refractivity contribution in [3.63, 3.8) is 0 Å². The SMILES string of the molecule is CC1CCCCN1S(=O)(=O)c1ccc(C(=O)NCC2=CCNCC2)cc1.Cl. The predicted octanol–water partition coefficient (Wildman–Crippen LogP) is 2.32. The number of hydrogen-bond acceptors (Lipinski definition) is 4. The molecule has 3 rings (SSSR count). The summed E-state index contributed by atoms with van der Waals surface area (Å²) < 4.78 is 27.2. The normalized spacial score (nSPS) is 21.1. The maximum absolute atomic E-state index is 12.8. The summed E-state index contributed by atoms with van der Waals surface area (Å²) >= 11 is 0. The minimum absolute atomic E-state index is 0. The Kier molecular flexibility index (Phi) is 7.85. The molecule has 8 heteroatoms. The van der Waals surface area contributed by atoms with Crippen molar-refractivity contribution in [2.24, 2.45) is 0 Å². The van der Waals surface area contributed by atoms with Crippen molar-refractivity contribution in [2.75, 3.05) is 26.2 Å². The van der Waals surface area contributed by atoms with Crippen LogP contribution in [0.1, 0.15) is 43.0 Å². The standard InChI is InChI=1S/C19H27N3O3S.ClH/c1-15-4-2-3-13-22(15)26(24,25)18-7-5-17(6-8-18)19(23)21-14-16-9-11-20-12-10-16;/h5-9,15,20H,2-4,10-14H2,1H3,(H,21,23);1H. The Labute approximate surface area is 167 Å². The number of carbonyl (C=O) groups excluding carboxylic acids is 1. The van der Waals surface area contributed by atoms with E-state index in [1.807, 2.05) is 6.92 Å². The second kappa shape index (κ2) is 9.68. The van der Waals surface area contributed by atoms with E-state index in [-0.39, 0.29) is 29.3 Å². The van der Waals surface area contributed by atoms with Crippen LogP contribution in [0.3, 0.4) is 0 Å². The van der Waals surface area contributed by atoms with Crippen LogP contribution in [0.2, 0.25) is 0 Å². The third-order valence-electron chi connectivity index (χ3n) is 5.10. The quantitative estimate of drug-likeness (QED) is 0.726. The molecule has 27 heavy (non-hydrogen) atoms. The molecule has 1 unspecified atom stereocenters. The second-order valence-electron chi connectivity index (χ2n) is 6.98. The zero-order valence-corrected chi connectivity index (χ0v) is 17.2. The van der Waals surface area contributed by atoms with Crippen LogP contribution in [0.5, 0.6) is 0 Å². The van der Waals surface area contributed by atoms with Crippen molar-refractivity contribution in [1.29, 1.82) is 0 Å². The smallest absolute Gasteiger partial charge is 0.251 e. The molecule has 1 amide bonds. The summed E-state index contributed by atoms with van der Waals surface area (Å²) in [6.45, 7) is 4.82. The summed E-state index contributed by atoms with van der Waals surface area (Å²) in [7, 11) is -3.50. The second-order valence-corrected chi connectivity index (χ2v) is 8.87. The van der Waals surface area contributed by atoms with Crippen molar-refractivity contribution < 1.29 is 13.2 Å². The van der Waals surface area contributed by atoms with Crippen molar-refractivity contribution >= 4 is 28.3 Å². The van der Waals surface area contributed by atoms with E-state index >= 15 is 0 Å². The molecule has 6 nitrogen and oxygen atoms in total. The lowest BCUT2D eigenvalue weighted by Gasteiger charge is -2.32. The van der Waals surface area contributed by atoms with E-state index in [0.29, 0.717) is 18.7 Å². The lowest BCUT2D eigenvalue weighted by molar-refractivity contribution is 0.0956. The molecule has 0 radical (unpaired) electrons. The molecule has 2 aliphatic rings. The Morgan fingerprint density at radius 1 is 1.26 bits per heavy atom. The molecule has 0 bridgehead atoms. The minimum Gasteiger partial charge on any atom is -0.348 e. The molecule has 0 aromatic heterocycles. The molecule has 1 atom stereocenters. The summed E-state index contributed by atoms with van der Waals surface area (Å²) in [5, 5.41) is 6.14. The van der Waals surface area contributed by atoms with Gasteiger partial charge >= 0.3 is 0 Å². The van der Waals surface area contributed by atoms with E-state index in [0.717, 1.165) is 38.8 Å².